The lowest BCUT2D eigenvalue weighted by atomic mass is 9.80. The van der Waals surface area contributed by atoms with E-state index in [0.29, 0.717) is 11.8 Å². The molecule has 4 fully saturated rings. The highest BCUT2D eigenvalue weighted by molar-refractivity contribution is 7.99. The molecule has 5 unspecified atom stereocenters. The molecule has 1 aliphatic carbocycles. The van der Waals surface area contributed by atoms with Crippen LogP contribution in [0.3, 0.4) is 0 Å². The van der Waals surface area contributed by atoms with Crippen molar-refractivity contribution in [1.29, 1.82) is 0 Å². The Morgan fingerprint density at radius 2 is 2.14 bits per heavy atom. The maximum atomic E-state index is 13.0. The fourth-order valence-corrected chi connectivity index (χ4v) is 6.33. The quantitative estimate of drug-likeness (QED) is 0.851. The second-order valence-corrected chi connectivity index (χ2v) is 8.64. The van der Waals surface area contributed by atoms with E-state index in [9.17, 15) is 4.79 Å². The highest BCUT2D eigenvalue weighted by atomic mass is 32.2. The Bertz CT molecular complexity index is 394. The Balaban J connectivity index is 1.40. The zero-order valence-corrected chi connectivity index (χ0v) is 13.6. The van der Waals surface area contributed by atoms with Crippen LogP contribution in [-0.2, 0) is 9.53 Å². The summed E-state index contributed by atoms with van der Waals surface area (Å²) in [6.07, 6.45) is 9.48. The molecule has 1 N–H and O–H groups in total. The lowest BCUT2D eigenvalue weighted by Gasteiger charge is -2.38. The van der Waals surface area contributed by atoms with Gasteiger partial charge in [0.1, 0.15) is 0 Å². The number of hydrogen-bond acceptors (Lipinski definition) is 4. The van der Waals surface area contributed by atoms with Crippen LogP contribution in [0.1, 0.15) is 51.4 Å². The summed E-state index contributed by atoms with van der Waals surface area (Å²) in [4.78, 5) is 13.0. The Morgan fingerprint density at radius 1 is 1.24 bits per heavy atom. The molecule has 0 amide bonds. The molecule has 0 bridgehead atoms. The van der Waals surface area contributed by atoms with Crippen molar-refractivity contribution in [2.75, 3.05) is 18.1 Å². The minimum Gasteiger partial charge on any atom is -0.374 e. The first-order chi connectivity index (χ1) is 10.3. The second-order valence-electron chi connectivity index (χ2n) is 7.53. The fraction of sp³-hybridized carbons (Fsp3) is 0.941. The minimum absolute atomic E-state index is 0.0363. The summed E-state index contributed by atoms with van der Waals surface area (Å²) in [5, 5.41) is 3.67. The molecule has 4 heteroatoms. The zero-order chi connectivity index (χ0) is 14.3. The number of fused-ring (bicyclic) bond motifs is 1. The average Bonchev–Trinajstić information content (AvgIpc) is 3.13. The van der Waals surface area contributed by atoms with E-state index in [0.717, 1.165) is 44.0 Å². The van der Waals surface area contributed by atoms with Crippen LogP contribution in [0.15, 0.2) is 0 Å². The molecule has 0 aromatic rings. The van der Waals surface area contributed by atoms with Crippen molar-refractivity contribution in [3.8, 4) is 0 Å². The summed E-state index contributed by atoms with van der Waals surface area (Å²) < 4.78 is 6.07. The van der Waals surface area contributed by atoms with Gasteiger partial charge < -0.3 is 10.1 Å². The monoisotopic (exact) mass is 309 g/mol. The molecule has 0 radical (unpaired) electrons. The second kappa shape index (κ2) is 5.86. The molecule has 4 rings (SSSR count). The van der Waals surface area contributed by atoms with E-state index in [4.69, 9.17) is 4.74 Å². The van der Waals surface area contributed by atoms with Gasteiger partial charge in [-0.1, -0.05) is 12.8 Å². The largest absolute Gasteiger partial charge is 0.374 e. The molecule has 21 heavy (non-hydrogen) atoms. The number of ether oxygens (including phenoxy) is 1. The van der Waals surface area contributed by atoms with E-state index in [1.807, 2.05) is 11.8 Å². The summed E-state index contributed by atoms with van der Waals surface area (Å²) in [7, 11) is 0. The first-order valence-corrected chi connectivity index (χ1v) is 9.93. The SMILES string of the molecule is O=C(C1CCOC2(CCSC2)C1)C1CC2CCCCC2N1. The van der Waals surface area contributed by atoms with E-state index >= 15 is 0 Å². The number of rotatable bonds is 2. The summed E-state index contributed by atoms with van der Waals surface area (Å²) >= 11 is 1.99. The number of Topliss-reactive ketones (excluding diaryl/α,β-unsaturated/α-hetero) is 1. The number of ketones is 1. The molecule has 1 saturated carbocycles. The van der Waals surface area contributed by atoms with Crippen LogP contribution < -0.4 is 5.32 Å². The summed E-state index contributed by atoms with van der Waals surface area (Å²) in [5.41, 5.74) is 0.0363. The van der Waals surface area contributed by atoms with Gasteiger partial charge in [0.05, 0.1) is 11.6 Å². The van der Waals surface area contributed by atoms with Crippen molar-refractivity contribution in [3.63, 3.8) is 0 Å². The van der Waals surface area contributed by atoms with E-state index in [2.05, 4.69) is 5.32 Å². The van der Waals surface area contributed by atoms with Gasteiger partial charge in [-0.3, -0.25) is 4.79 Å². The molecular weight excluding hydrogens is 282 g/mol. The van der Waals surface area contributed by atoms with Gasteiger partial charge in [0.15, 0.2) is 5.78 Å². The molecule has 5 atom stereocenters. The van der Waals surface area contributed by atoms with Crippen molar-refractivity contribution in [2.24, 2.45) is 11.8 Å². The fourth-order valence-electron chi connectivity index (χ4n) is 4.96. The average molecular weight is 309 g/mol. The van der Waals surface area contributed by atoms with Crippen LogP contribution in [0, 0.1) is 11.8 Å². The summed E-state index contributed by atoms with van der Waals surface area (Å²) in [6, 6.07) is 0.774. The van der Waals surface area contributed by atoms with E-state index in [-0.39, 0.29) is 17.6 Å². The van der Waals surface area contributed by atoms with Crippen LogP contribution in [0.25, 0.3) is 0 Å². The summed E-state index contributed by atoms with van der Waals surface area (Å²) in [5.74, 6) is 3.81. The molecule has 0 aromatic heterocycles. The van der Waals surface area contributed by atoms with E-state index in [1.54, 1.807) is 0 Å². The molecule has 3 heterocycles. The Kier molecular flexibility index (Phi) is 4.05. The van der Waals surface area contributed by atoms with Crippen molar-refractivity contribution in [2.45, 2.75) is 69.1 Å². The first kappa shape index (κ1) is 14.5. The maximum absolute atomic E-state index is 13.0. The molecule has 3 nitrogen and oxygen atoms in total. The number of thioether (sulfide) groups is 1. The first-order valence-electron chi connectivity index (χ1n) is 8.77. The van der Waals surface area contributed by atoms with Gasteiger partial charge in [0.25, 0.3) is 0 Å². The normalized spacial score (nSPS) is 46.7. The lowest BCUT2D eigenvalue weighted by Crippen LogP contribution is -2.46. The Labute approximate surface area is 132 Å². The van der Waals surface area contributed by atoms with Gasteiger partial charge in [-0.05, 0) is 50.2 Å². The Morgan fingerprint density at radius 3 is 2.95 bits per heavy atom. The predicted octanol–water partition coefficient (Wildman–Crippen LogP) is 2.78. The predicted molar refractivity (Wildman–Crippen MR) is 85.6 cm³/mol. The van der Waals surface area contributed by atoms with Crippen LogP contribution in [-0.4, -0.2) is 41.6 Å². The number of carbonyl (C=O) groups excluding carboxylic acids is 1. The standard InChI is InChI=1S/C17H27NO2S/c19-16(15-9-12-3-1-2-4-14(12)18-15)13-5-7-20-17(10-13)6-8-21-11-17/h12-15,18H,1-11H2. The molecule has 4 aliphatic rings. The van der Waals surface area contributed by atoms with Crippen molar-refractivity contribution in [3.05, 3.63) is 0 Å². The van der Waals surface area contributed by atoms with Gasteiger partial charge in [-0.25, -0.2) is 0 Å². The maximum Gasteiger partial charge on any atom is 0.153 e. The number of nitrogens with one attached hydrogen (secondary N) is 1. The molecule has 3 saturated heterocycles. The topological polar surface area (TPSA) is 38.3 Å². The van der Waals surface area contributed by atoms with E-state index < -0.39 is 0 Å². The molecule has 118 valence electrons. The number of carbonyl (C=O) groups is 1. The third-order valence-electron chi connectivity index (χ3n) is 6.17. The van der Waals surface area contributed by atoms with Gasteiger partial charge >= 0.3 is 0 Å². The minimum atomic E-state index is 0.0363. The molecule has 3 aliphatic heterocycles. The van der Waals surface area contributed by atoms with Gasteiger partial charge in [-0.15, -0.1) is 0 Å². The van der Waals surface area contributed by atoms with Crippen LogP contribution in [0.2, 0.25) is 0 Å². The summed E-state index contributed by atoms with van der Waals surface area (Å²) in [6.45, 7) is 0.788. The Hall–Kier alpha value is -0.0600. The third-order valence-corrected chi connectivity index (χ3v) is 7.39. The smallest absolute Gasteiger partial charge is 0.153 e. The lowest BCUT2D eigenvalue weighted by molar-refractivity contribution is -0.135. The highest BCUT2D eigenvalue weighted by Gasteiger charge is 2.46. The van der Waals surface area contributed by atoms with E-state index in [1.165, 1.54) is 31.4 Å². The molecule has 1 spiro atoms. The van der Waals surface area contributed by atoms with Crippen LogP contribution >= 0.6 is 11.8 Å². The van der Waals surface area contributed by atoms with Crippen molar-refractivity contribution < 1.29 is 9.53 Å². The molecular formula is C17H27NO2S. The van der Waals surface area contributed by atoms with Crippen LogP contribution in [0.5, 0.6) is 0 Å². The van der Waals surface area contributed by atoms with Crippen LogP contribution in [0.4, 0.5) is 0 Å². The highest BCUT2D eigenvalue weighted by Crippen LogP contribution is 2.42. The number of hydrogen-bond donors (Lipinski definition) is 1. The van der Waals surface area contributed by atoms with Gasteiger partial charge in [0, 0.05) is 24.3 Å². The van der Waals surface area contributed by atoms with Gasteiger partial charge in [0.2, 0.25) is 0 Å². The van der Waals surface area contributed by atoms with Crippen molar-refractivity contribution in [1.82, 2.24) is 5.32 Å². The van der Waals surface area contributed by atoms with Gasteiger partial charge in [-0.2, -0.15) is 11.8 Å². The zero-order valence-electron chi connectivity index (χ0n) is 12.8. The molecule has 0 aromatic carbocycles. The van der Waals surface area contributed by atoms with Crippen molar-refractivity contribution >= 4 is 17.5 Å². The third kappa shape index (κ3) is 2.79.